The highest BCUT2D eigenvalue weighted by molar-refractivity contribution is 9.10. The Bertz CT molecular complexity index is 262. The number of thioether (sulfide) groups is 1. The standard InChI is InChI=1S/C10H16BrNS2/c1-8(12-5-3-6-13-2)10-9(11)4-7-14-10/h4,7-8,12H,3,5-6H2,1-2H3. The largest absolute Gasteiger partial charge is 0.309 e. The summed E-state index contributed by atoms with van der Waals surface area (Å²) in [7, 11) is 0. The number of halogens is 1. The molecule has 1 heterocycles. The molecule has 1 nitrogen and oxygen atoms in total. The van der Waals surface area contributed by atoms with Crippen molar-refractivity contribution < 1.29 is 0 Å². The molecule has 1 aromatic heterocycles. The average molecular weight is 294 g/mol. The Labute approximate surface area is 103 Å². The molecule has 1 aromatic rings. The van der Waals surface area contributed by atoms with E-state index in [2.05, 4.69) is 45.9 Å². The van der Waals surface area contributed by atoms with Crippen molar-refractivity contribution >= 4 is 39.0 Å². The molecule has 0 aliphatic heterocycles. The van der Waals surface area contributed by atoms with Crippen molar-refractivity contribution in [2.24, 2.45) is 0 Å². The van der Waals surface area contributed by atoms with E-state index < -0.39 is 0 Å². The first-order valence-electron chi connectivity index (χ1n) is 4.71. The van der Waals surface area contributed by atoms with Gasteiger partial charge >= 0.3 is 0 Å². The maximum Gasteiger partial charge on any atom is 0.0397 e. The first-order valence-corrected chi connectivity index (χ1v) is 7.77. The predicted octanol–water partition coefficient (Wildman–Crippen LogP) is 3.91. The van der Waals surface area contributed by atoms with E-state index in [1.165, 1.54) is 21.5 Å². The fourth-order valence-corrected chi connectivity index (χ4v) is 3.42. The van der Waals surface area contributed by atoms with E-state index >= 15 is 0 Å². The summed E-state index contributed by atoms with van der Waals surface area (Å²) in [6, 6.07) is 2.58. The van der Waals surface area contributed by atoms with Crippen LogP contribution in [0.1, 0.15) is 24.3 Å². The van der Waals surface area contributed by atoms with Crippen molar-refractivity contribution in [1.82, 2.24) is 5.32 Å². The zero-order valence-electron chi connectivity index (χ0n) is 8.55. The topological polar surface area (TPSA) is 12.0 Å². The van der Waals surface area contributed by atoms with Crippen molar-refractivity contribution in [3.63, 3.8) is 0 Å². The van der Waals surface area contributed by atoms with Crippen LogP contribution in [0.3, 0.4) is 0 Å². The lowest BCUT2D eigenvalue weighted by Crippen LogP contribution is -2.19. The van der Waals surface area contributed by atoms with Gasteiger partial charge in [-0.1, -0.05) is 0 Å². The van der Waals surface area contributed by atoms with E-state index in [1.807, 2.05) is 11.8 Å². The monoisotopic (exact) mass is 293 g/mol. The van der Waals surface area contributed by atoms with E-state index in [1.54, 1.807) is 11.3 Å². The molecule has 0 saturated heterocycles. The molecule has 1 rings (SSSR count). The zero-order chi connectivity index (χ0) is 10.4. The first kappa shape index (κ1) is 12.6. The smallest absolute Gasteiger partial charge is 0.0397 e. The minimum Gasteiger partial charge on any atom is -0.309 e. The first-order chi connectivity index (χ1) is 6.75. The normalized spacial score (nSPS) is 13.1. The predicted molar refractivity (Wildman–Crippen MR) is 71.4 cm³/mol. The third kappa shape index (κ3) is 3.93. The van der Waals surface area contributed by atoms with E-state index in [0.717, 1.165) is 6.54 Å². The van der Waals surface area contributed by atoms with Gasteiger partial charge < -0.3 is 5.32 Å². The van der Waals surface area contributed by atoms with Gasteiger partial charge in [-0.2, -0.15) is 11.8 Å². The summed E-state index contributed by atoms with van der Waals surface area (Å²) in [5, 5.41) is 5.65. The minimum absolute atomic E-state index is 0.464. The quantitative estimate of drug-likeness (QED) is 0.798. The van der Waals surface area contributed by atoms with Crippen LogP contribution in [-0.2, 0) is 0 Å². The number of nitrogens with one attached hydrogen (secondary N) is 1. The molecule has 1 N–H and O–H groups in total. The van der Waals surface area contributed by atoms with Gasteiger partial charge in [-0.15, -0.1) is 11.3 Å². The summed E-state index contributed by atoms with van der Waals surface area (Å²) in [6.45, 7) is 3.32. The van der Waals surface area contributed by atoms with Gasteiger partial charge in [-0.25, -0.2) is 0 Å². The van der Waals surface area contributed by atoms with Crippen LogP contribution in [0.2, 0.25) is 0 Å². The summed E-state index contributed by atoms with van der Waals surface area (Å²) in [6.07, 6.45) is 3.40. The van der Waals surface area contributed by atoms with Crippen LogP contribution in [0.4, 0.5) is 0 Å². The summed E-state index contributed by atoms with van der Waals surface area (Å²) >= 11 is 7.27. The Kier molecular flexibility index (Phi) is 6.17. The van der Waals surface area contributed by atoms with Crippen molar-refractivity contribution in [2.45, 2.75) is 19.4 Å². The van der Waals surface area contributed by atoms with Crippen molar-refractivity contribution in [1.29, 1.82) is 0 Å². The minimum atomic E-state index is 0.464. The van der Waals surface area contributed by atoms with Crippen LogP contribution < -0.4 is 5.32 Å². The Morgan fingerprint density at radius 2 is 2.43 bits per heavy atom. The summed E-state index contributed by atoms with van der Waals surface area (Å²) in [5.41, 5.74) is 0. The van der Waals surface area contributed by atoms with Crippen LogP contribution >= 0.6 is 39.0 Å². The van der Waals surface area contributed by atoms with Gasteiger partial charge in [0, 0.05) is 15.4 Å². The molecule has 0 saturated carbocycles. The maximum atomic E-state index is 3.56. The van der Waals surface area contributed by atoms with Gasteiger partial charge in [-0.3, -0.25) is 0 Å². The van der Waals surface area contributed by atoms with E-state index in [9.17, 15) is 0 Å². The highest BCUT2D eigenvalue weighted by atomic mass is 79.9. The molecule has 1 unspecified atom stereocenters. The summed E-state index contributed by atoms with van der Waals surface area (Å²) < 4.78 is 1.23. The summed E-state index contributed by atoms with van der Waals surface area (Å²) in [5.74, 6) is 1.24. The fraction of sp³-hybridized carbons (Fsp3) is 0.600. The van der Waals surface area contributed by atoms with Gasteiger partial charge in [0.1, 0.15) is 0 Å². The highest BCUT2D eigenvalue weighted by Crippen LogP contribution is 2.28. The lowest BCUT2D eigenvalue weighted by atomic mass is 10.2. The zero-order valence-corrected chi connectivity index (χ0v) is 11.8. The van der Waals surface area contributed by atoms with Crippen molar-refractivity contribution in [3.05, 3.63) is 20.8 Å². The second-order valence-electron chi connectivity index (χ2n) is 3.15. The molecule has 0 aromatic carbocycles. The van der Waals surface area contributed by atoms with E-state index in [4.69, 9.17) is 0 Å². The third-order valence-electron chi connectivity index (χ3n) is 2.01. The molecule has 0 amide bonds. The number of hydrogen-bond acceptors (Lipinski definition) is 3. The molecule has 0 spiro atoms. The maximum absolute atomic E-state index is 3.56. The Balaban J connectivity index is 2.28. The molecule has 0 bridgehead atoms. The van der Waals surface area contributed by atoms with Gasteiger partial charge in [0.25, 0.3) is 0 Å². The molecule has 0 aliphatic carbocycles. The van der Waals surface area contributed by atoms with Crippen LogP contribution in [0.25, 0.3) is 0 Å². The van der Waals surface area contributed by atoms with Crippen molar-refractivity contribution in [2.75, 3.05) is 18.6 Å². The number of rotatable bonds is 6. The molecule has 14 heavy (non-hydrogen) atoms. The summed E-state index contributed by atoms with van der Waals surface area (Å²) in [4.78, 5) is 1.40. The molecule has 0 aliphatic rings. The molecule has 0 fully saturated rings. The molecule has 1 atom stereocenters. The molecule has 4 heteroatoms. The Morgan fingerprint density at radius 1 is 1.64 bits per heavy atom. The molecular formula is C10H16BrNS2. The lowest BCUT2D eigenvalue weighted by Gasteiger charge is -2.12. The highest BCUT2D eigenvalue weighted by Gasteiger charge is 2.09. The fourth-order valence-electron chi connectivity index (χ4n) is 1.24. The molecule has 80 valence electrons. The molecular weight excluding hydrogens is 278 g/mol. The Hall–Kier alpha value is 0.490. The van der Waals surface area contributed by atoms with Gasteiger partial charge in [0.05, 0.1) is 0 Å². The Morgan fingerprint density at radius 3 is 3.00 bits per heavy atom. The number of thiophene rings is 1. The average Bonchev–Trinajstić information content (AvgIpc) is 2.59. The molecule has 0 radical (unpaired) electrons. The number of hydrogen-bond donors (Lipinski definition) is 1. The van der Waals surface area contributed by atoms with Crippen LogP contribution in [0, 0.1) is 0 Å². The van der Waals surface area contributed by atoms with Gasteiger partial charge in [-0.05, 0) is 59.3 Å². The van der Waals surface area contributed by atoms with Crippen LogP contribution in [0.5, 0.6) is 0 Å². The van der Waals surface area contributed by atoms with Crippen LogP contribution in [-0.4, -0.2) is 18.6 Å². The SMILES string of the molecule is CSCCCNC(C)c1sccc1Br. The van der Waals surface area contributed by atoms with Gasteiger partial charge in [0.2, 0.25) is 0 Å². The second-order valence-corrected chi connectivity index (χ2v) is 5.94. The third-order valence-corrected chi connectivity index (χ3v) is 4.76. The van der Waals surface area contributed by atoms with Gasteiger partial charge in [0.15, 0.2) is 0 Å². The second kappa shape index (κ2) is 6.88. The van der Waals surface area contributed by atoms with E-state index in [-0.39, 0.29) is 0 Å². The van der Waals surface area contributed by atoms with Crippen LogP contribution in [0.15, 0.2) is 15.9 Å². The lowest BCUT2D eigenvalue weighted by molar-refractivity contribution is 0.579. The van der Waals surface area contributed by atoms with E-state index in [0.29, 0.717) is 6.04 Å². The van der Waals surface area contributed by atoms with Crippen molar-refractivity contribution in [3.8, 4) is 0 Å².